The number of nitrogens with two attached hydrogens (primary N) is 1. The fourth-order valence-corrected chi connectivity index (χ4v) is 3.28. The average molecular weight is 434 g/mol. The molecule has 0 unspecified atom stereocenters. The summed E-state index contributed by atoms with van der Waals surface area (Å²) in [6.45, 7) is 3.32. The molecule has 0 bridgehead atoms. The molecule has 0 spiro atoms. The van der Waals surface area contributed by atoms with Gasteiger partial charge in [0.25, 0.3) is 0 Å². The minimum atomic E-state index is -0.920. The summed E-state index contributed by atoms with van der Waals surface area (Å²) in [4.78, 5) is 4.34. The van der Waals surface area contributed by atoms with Gasteiger partial charge < -0.3 is 20.3 Å². The number of aliphatic hydroxyl groups is 1. The molecule has 2 heterocycles. The van der Waals surface area contributed by atoms with Crippen LogP contribution >= 0.6 is 35.6 Å². The summed E-state index contributed by atoms with van der Waals surface area (Å²) in [5.41, 5.74) is 8.45. The van der Waals surface area contributed by atoms with Crippen molar-refractivity contribution < 1.29 is 14.6 Å². The first-order chi connectivity index (χ1) is 12.5. The molecule has 1 aromatic heterocycles. The Bertz CT molecular complexity index is 770. The quantitative estimate of drug-likeness (QED) is 0.730. The molecular formula is C19H23Cl3N2O3. The second-order valence-corrected chi connectivity index (χ2v) is 7.27. The molecule has 2 atom stereocenters. The Morgan fingerprint density at radius 2 is 1.93 bits per heavy atom. The maximum absolute atomic E-state index is 10.7. The lowest BCUT2D eigenvalue weighted by atomic mass is 9.95. The number of rotatable bonds is 5. The molecule has 2 aromatic rings. The Morgan fingerprint density at radius 3 is 2.56 bits per heavy atom. The highest BCUT2D eigenvalue weighted by molar-refractivity contribution is 6.42. The second kappa shape index (κ2) is 9.92. The van der Waals surface area contributed by atoms with Crippen LogP contribution in [0.2, 0.25) is 10.0 Å². The summed E-state index contributed by atoms with van der Waals surface area (Å²) < 4.78 is 11.2. The van der Waals surface area contributed by atoms with Crippen molar-refractivity contribution in [3.8, 4) is 5.88 Å². The molecule has 1 saturated heterocycles. The van der Waals surface area contributed by atoms with Gasteiger partial charge in [-0.25, -0.2) is 4.98 Å². The Balaban J connectivity index is 0.00000261. The number of aromatic nitrogens is 1. The third-order valence-electron chi connectivity index (χ3n) is 4.57. The van der Waals surface area contributed by atoms with E-state index in [0.717, 1.165) is 18.4 Å². The van der Waals surface area contributed by atoms with Gasteiger partial charge in [-0.15, -0.1) is 12.4 Å². The molecule has 1 aliphatic rings. The maximum Gasteiger partial charge on any atom is 0.213 e. The van der Waals surface area contributed by atoms with Crippen LogP contribution in [0.25, 0.3) is 0 Å². The van der Waals surface area contributed by atoms with Crippen molar-refractivity contribution in [2.45, 2.75) is 38.0 Å². The third-order valence-corrected chi connectivity index (χ3v) is 5.31. The van der Waals surface area contributed by atoms with Crippen LogP contribution in [-0.4, -0.2) is 29.4 Å². The van der Waals surface area contributed by atoms with Crippen LogP contribution in [0.5, 0.6) is 5.88 Å². The highest BCUT2D eigenvalue weighted by Gasteiger charge is 2.23. The van der Waals surface area contributed by atoms with Gasteiger partial charge in [0.1, 0.15) is 6.10 Å². The van der Waals surface area contributed by atoms with Crippen molar-refractivity contribution >= 4 is 35.6 Å². The second-order valence-electron chi connectivity index (χ2n) is 6.45. The van der Waals surface area contributed by atoms with Gasteiger partial charge in [-0.3, -0.25) is 0 Å². The van der Waals surface area contributed by atoms with E-state index in [1.54, 1.807) is 24.4 Å². The molecule has 148 valence electrons. The Kier molecular flexibility index (Phi) is 8.16. The van der Waals surface area contributed by atoms with E-state index in [2.05, 4.69) is 4.98 Å². The van der Waals surface area contributed by atoms with E-state index in [4.69, 9.17) is 38.4 Å². The fraction of sp³-hybridized carbons (Fsp3) is 0.421. The highest BCUT2D eigenvalue weighted by Crippen LogP contribution is 2.32. The van der Waals surface area contributed by atoms with Crippen molar-refractivity contribution in [3.63, 3.8) is 0 Å². The standard InChI is InChI=1S/C19H22Cl2N2O3.ClH/c1-11-8-17(26-13-4-6-25-7-5-13)23-10-14(11)19(24)18(22)12-2-3-15(20)16(21)9-12;/h2-3,8-10,13,18-19,24H,4-7,22H2,1H3;1H/t18-,19+;/m0./s1. The largest absolute Gasteiger partial charge is 0.474 e. The molecule has 3 rings (SSSR count). The number of ether oxygens (including phenoxy) is 2. The molecule has 1 aliphatic heterocycles. The Morgan fingerprint density at radius 1 is 1.22 bits per heavy atom. The van der Waals surface area contributed by atoms with Crippen molar-refractivity contribution in [3.05, 3.63) is 57.2 Å². The smallest absolute Gasteiger partial charge is 0.213 e. The first-order valence-corrected chi connectivity index (χ1v) is 9.31. The van der Waals surface area contributed by atoms with Crippen LogP contribution < -0.4 is 10.5 Å². The number of hydrogen-bond acceptors (Lipinski definition) is 5. The lowest BCUT2D eigenvalue weighted by molar-refractivity contribution is 0.0236. The van der Waals surface area contributed by atoms with Crippen LogP contribution in [0, 0.1) is 6.92 Å². The minimum absolute atomic E-state index is 0. The van der Waals surface area contributed by atoms with Crippen molar-refractivity contribution in [1.82, 2.24) is 4.98 Å². The van der Waals surface area contributed by atoms with Crippen LogP contribution in [0.15, 0.2) is 30.5 Å². The summed E-state index contributed by atoms with van der Waals surface area (Å²) in [5, 5.41) is 11.6. The normalized spacial score (nSPS) is 17.1. The average Bonchev–Trinajstić information content (AvgIpc) is 2.64. The molecule has 0 amide bonds. The summed E-state index contributed by atoms with van der Waals surface area (Å²) in [6.07, 6.45) is 2.52. The van der Waals surface area contributed by atoms with Crippen LogP contribution in [0.1, 0.15) is 41.7 Å². The zero-order valence-corrected chi connectivity index (χ0v) is 17.2. The summed E-state index contributed by atoms with van der Waals surface area (Å²) in [5.74, 6) is 0.549. The van der Waals surface area contributed by atoms with E-state index in [1.807, 2.05) is 13.0 Å². The number of pyridine rings is 1. The molecule has 8 heteroatoms. The molecule has 3 N–H and O–H groups in total. The van der Waals surface area contributed by atoms with E-state index in [9.17, 15) is 5.11 Å². The summed E-state index contributed by atoms with van der Waals surface area (Å²) in [6, 6.07) is 6.28. The van der Waals surface area contributed by atoms with Gasteiger partial charge >= 0.3 is 0 Å². The number of aliphatic hydroxyl groups excluding tert-OH is 1. The lowest BCUT2D eigenvalue weighted by Crippen LogP contribution is -2.26. The number of halogens is 3. The van der Waals surface area contributed by atoms with Gasteiger partial charge in [-0.2, -0.15) is 0 Å². The van der Waals surface area contributed by atoms with E-state index >= 15 is 0 Å². The van der Waals surface area contributed by atoms with Gasteiger partial charge in [-0.1, -0.05) is 29.3 Å². The Labute approximate surface area is 175 Å². The zero-order chi connectivity index (χ0) is 18.7. The SMILES string of the molecule is Cc1cc(OC2CCOCC2)ncc1[C@@H](O)[C@@H](N)c1ccc(Cl)c(Cl)c1.Cl. The molecular weight excluding hydrogens is 411 g/mol. The minimum Gasteiger partial charge on any atom is -0.474 e. The van der Waals surface area contributed by atoms with Gasteiger partial charge in [0, 0.05) is 30.7 Å². The van der Waals surface area contributed by atoms with Crippen LogP contribution in [0.4, 0.5) is 0 Å². The predicted octanol–water partition coefficient (Wildman–Crippen LogP) is 4.41. The molecule has 0 radical (unpaired) electrons. The zero-order valence-electron chi connectivity index (χ0n) is 14.9. The third kappa shape index (κ3) is 5.47. The fourth-order valence-electron chi connectivity index (χ4n) is 2.97. The van der Waals surface area contributed by atoms with Gasteiger partial charge in [0.2, 0.25) is 5.88 Å². The number of nitrogens with zero attached hydrogens (tertiary/aromatic N) is 1. The van der Waals surface area contributed by atoms with Gasteiger partial charge in [-0.05, 0) is 30.2 Å². The maximum atomic E-state index is 10.7. The first-order valence-electron chi connectivity index (χ1n) is 8.55. The van der Waals surface area contributed by atoms with Gasteiger partial charge in [0.15, 0.2) is 0 Å². The highest BCUT2D eigenvalue weighted by atomic mass is 35.5. The molecule has 5 nitrogen and oxygen atoms in total. The van der Waals surface area contributed by atoms with Crippen molar-refractivity contribution in [2.24, 2.45) is 5.73 Å². The van der Waals surface area contributed by atoms with Crippen LogP contribution in [-0.2, 0) is 4.74 Å². The summed E-state index contributed by atoms with van der Waals surface area (Å²) in [7, 11) is 0. The lowest BCUT2D eigenvalue weighted by Gasteiger charge is -2.24. The van der Waals surface area contributed by atoms with Crippen molar-refractivity contribution in [2.75, 3.05) is 13.2 Å². The predicted molar refractivity (Wildman–Crippen MR) is 109 cm³/mol. The number of benzene rings is 1. The topological polar surface area (TPSA) is 77.6 Å². The number of hydrogen-bond donors (Lipinski definition) is 2. The molecule has 1 aromatic carbocycles. The molecule has 1 fully saturated rings. The monoisotopic (exact) mass is 432 g/mol. The van der Waals surface area contributed by atoms with Crippen molar-refractivity contribution in [1.29, 1.82) is 0 Å². The Hall–Kier alpha value is -1.08. The first kappa shape index (κ1) is 22.2. The van der Waals surface area contributed by atoms with E-state index < -0.39 is 12.1 Å². The molecule has 0 aliphatic carbocycles. The van der Waals surface area contributed by atoms with E-state index in [-0.39, 0.29) is 18.5 Å². The van der Waals surface area contributed by atoms with E-state index in [1.165, 1.54) is 0 Å². The molecule has 27 heavy (non-hydrogen) atoms. The van der Waals surface area contributed by atoms with E-state index in [0.29, 0.717) is 40.3 Å². The van der Waals surface area contributed by atoms with Crippen LogP contribution in [0.3, 0.4) is 0 Å². The number of aryl methyl sites for hydroxylation is 1. The molecule has 0 saturated carbocycles. The summed E-state index contributed by atoms with van der Waals surface area (Å²) >= 11 is 12.0. The van der Waals surface area contributed by atoms with Gasteiger partial charge in [0.05, 0.1) is 35.4 Å².